The molecular weight excluding hydrogens is 338 g/mol. The Bertz CT molecular complexity index is 437. The summed E-state index contributed by atoms with van der Waals surface area (Å²) in [5, 5.41) is 6.20. The van der Waals surface area contributed by atoms with Gasteiger partial charge in [0.15, 0.2) is 0 Å². The van der Waals surface area contributed by atoms with Crippen LogP contribution in [0, 0.1) is 5.92 Å². The third-order valence-electron chi connectivity index (χ3n) is 4.11. The van der Waals surface area contributed by atoms with Gasteiger partial charge in [-0.3, -0.25) is 4.79 Å². The highest BCUT2D eigenvalue weighted by atomic mass is 35.5. The van der Waals surface area contributed by atoms with Gasteiger partial charge >= 0.3 is 0 Å². The Labute approximate surface area is 147 Å². The second kappa shape index (κ2) is 11.2. The summed E-state index contributed by atoms with van der Waals surface area (Å²) in [6.07, 6.45) is 2.81. The van der Waals surface area contributed by atoms with Crippen molar-refractivity contribution in [2.45, 2.75) is 52.5 Å². The van der Waals surface area contributed by atoms with Crippen LogP contribution in [0.2, 0.25) is 0 Å². The molecule has 0 aromatic heterocycles. The first-order valence-electron chi connectivity index (χ1n) is 8.39. The van der Waals surface area contributed by atoms with Crippen LogP contribution in [-0.2, 0) is 14.8 Å². The van der Waals surface area contributed by atoms with E-state index in [4.69, 9.17) is 0 Å². The number of carbonyl (C=O) groups excluding carboxylic acids is 1. The molecule has 138 valence electrons. The Balaban J connectivity index is 0.00000484. The normalized spacial score (nSPS) is 18.2. The number of nitrogens with one attached hydrogen (secondary N) is 2. The maximum atomic E-state index is 12.1. The molecule has 0 saturated carbocycles. The van der Waals surface area contributed by atoms with Crippen LogP contribution in [0.3, 0.4) is 0 Å². The van der Waals surface area contributed by atoms with Crippen LogP contribution in [0.1, 0.15) is 46.5 Å². The average molecular weight is 370 g/mol. The first-order chi connectivity index (χ1) is 10.4. The number of piperidine rings is 1. The number of nitrogens with zero attached hydrogens (tertiary/aromatic N) is 1. The summed E-state index contributed by atoms with van der Waals surface area (Å²) in [4.78, 5) is 12.1. The van der Waals surface area contributed by atoms with Gasteiger partial charge in [0.1, 0.15) is 0 Å². The number of carbonyl (C=O) groups is 1. The van der Waals surface area contributed by atoms with Crippen molar-refractivity contribution in [2.75, 3.05) is 31.9 Å². The van der Waals surface area contributed by atoms with Gasteiger partial charge < -0.3 is 10.6 Å². The molecule has 0 spiro atoms. The lowest BCUT2D eigenvalue weighted by Gasteiger charge is -2.30. The maximum Gasteiger partial charge on any atom is 0.223 e. The van der Waals surface area contributed by atoms with Crippen LogP contribution >= 0.6 is 12.4 Å². The summed E-state index contributed by atoms with van der Waals surface area (Å²) in [6.45, 7) is 8.48. The van der Waals surface area contributed by atoms with Crippen LogP contribution in [0.25, 0.3) is 0 Å². The van der Waals surface area contributed by atoms with Gasteiger partial charge in [0.05, 0.1) is 5.75 Å². The van der Waals surface area contributed by atoms with E-state index in [9.17, 15) is 13.2 Å². The van der Waals surface area contributed by atoms with Gasteiger partial charge in [-0.15, -0.1) is 12.4 Å². The largest absolute Gasteiger partial charge is 0.354 e. The highest BCUT2D eigenvalue weighted by Crippen LogP contribution is 2.20. The van der Waals surface area contributed by atoms with Crippen molar-refractivity contribution in [3.05, 3.63) is 0 Å². The molecule has 1 fully saturated rings. The third-order valence-corrected chi connectivity index (χ3v) is 6.07. The number of halogens is 1. The number of hydrogen-bond donors (Lipinski definition) is 2. The molecule has 0 unspecified atom stereocenters. The van der Waals surface area contributed by atoms with Crippen molar-refractivity contribution in [1.29, 1.82) is 0 Å². The van der Waals surface area contributed by atoms with Gasteiger partial charge in [-0.1, -0.05) is 20.3 Å². The zero-order valence-corrected chi connectivity index (χ0v) is 16.1. The molecule has 0 aromatic carbocycles. The number of amides is 1. The summed E-state index contributed by atoms with van der Waals surface area (Å²) in [6, 6.07) is 0.253. The standard InChI is InChI=1S/C15H31N3O3S.ClH/c1-4-6-11-22(20,21)18-9-7-14(8-10-18)15(19)17-12-13(3)16-5-2;/h13-14,16H,4-12H2,1-3H3,(H,17,19);1H/t13-;/m1./s1. The highest BCUT2D eigenvalue weighted by molar-refractivity contribution is 7.89. The number of likely N-dealkylation sites (N-methyl/N-ethyl adjacent to an activating group) is 1. The van der Waals surface area contributed by atoms with E-state index in [1.54, 1.807) is 4.31 Å². The fraction of sp³-hybridized carbons (Fsp3) is 0.933. The minimum atomic E-state index is -3.14. The van der Waals surface area contributed by atoms with E-state index in [1.807, 2.05) is 20.8 Å². The molecule has 0 radical (unpaired) electrons. The SMILES string of the molecule is CCCCS(=O)(=O)N1CCC(C(=O)NC[C@@H](C)NCC)CC1.Cl. The lowest BCUT2D eigenvalue weighted by atomic mass is 9.97. The van der Waals surface area contributed by atoms with E-state index < -0.39 is 10.0 Å². The highest BCUT2D eigenvalue weighted by Gasteiger charge is 2.30. The molecule has 0 aliphatic carbocycles. The Morgan fingerprint density at radius 1 is 1.26 bits per heavy atom. The summed E-state index contributed by atoms with van der Waals surface area (Å²) in [5.41, 5.74) is 0. The van der Waals surface area contributed by atoms with Crippen molar-refractivity contribution in [1.82, 2.24) is 14.9 Å². The molecule has 6 nitrogen and oxygen atoms in total. The molecule has 1 amide bonds. The Hall–Kier alpha value is -0.370. The van der Waals surface area contributed by atoms with E-state index in [0.717, 1.165) is 13.0 Å². The van der Waals surface area contributed by atoms with Crippen molar-refractivity contribution in [2.24, 2.45) is 5.92 Å². The van der Waals surface area contributed by atoms with Crippen molar-refractivity contribution in [3.8, 4) is 0 Å². The fourth-order valence-electron chi connectivity index (χ4n) is 2.67. The Kier molecular flexibility index (Phi) is 11.1. The first-order valence-corrected chi connectivity index (χ1v) is 10.0. The van der Waals surface area contributed by atoms with Crippen molar-refractivity contribution < 1.29 is 13.2 Å². The van der Waals surface area contributed by atoms with Crippen molar-refractivity contribution in [3.63, 3.8) is 0 Å². The first kappa shape index (κ1) is 22.6. The minimum Gasteiger partial charge on any atom is -0.354 e. The lowest BCUT2D eigenvalue weighted by Crippen LogP contribution is -2.46. The quantitative estimate of drug-likeness (QED) is 0.643. The molecule has 0 bridgehead atoms. The van der Waals surface area contributed by atoms with Gasteiger partial charge in [0.25, 0.3) is 0 Å². The summed E-state index contributed by atoms with van der Waals surface area (Å²) in [7, 11) is -3.14. The molecule has 0 aromatic rings. The van der Waals surface area contributed by atoms with Crippen LogP contribution < -0.4 is 10.6 Å². The second-order valence-electron chi connectivity index (χ2n) is 6.05. The fourth-order valence-corrected chi connectivity index (χ4v) is 4.35. The van der Waals surface area contributed by atoms with E-state index in [-0.39, 0.29) is 36.0 Å². The number of hydrogen-bond acceptors (Lipinski definition) is 4. The summed E-state index contributed by atoms with van der Waals surface area (Å²) >= 11 is 0. The molecule has 8 heteroatoms. The second-order valence-corrected chi connectivity index (χ2v) is 8.14. The molecule has 23 heavy (non-hydrogen) atoms. The van der Waals surface area contributed by atoms with Gasteiger partial charge in [-0.25, -0.2) is 12.7 Å². The third kappa shape index (κ3) is 7.83. The van der Waals surface area contributed by atoms with Gasteiger partial charge in [0.2, 0.25) is 15.9 Å². The van der Waals surface area contributed by atoms with E-state index >= 15 is 0 Å². The molecule has 1 saturated heterocycles. The van der Waals surface area contributed by atoms with Crippen LogP contribution in [-0.4, -0.2) is 56.6 Å². The van der Waals surface area contributed by atoms with Crippen LogP contribution in [0.4, 0.5) is 0 Å². The molecule has 1 rings (SSSR count). The monoisotopic (exact) mass is 369 g/mol. The van der Waals surface area contributed by atoms with E-state index in [1.165, 1.54) is 0 Å². The zero-order valence-electron chi connectivity index (χ0n) is 14.5. The summed E-state index contributed by atoms with van der Waals surface area (Å²) < 4.78 is 25.8. The Morgan fingerprint density at radius 2 is 1.87 bits per heavy atom. The van der Waals surface area contributed by atoms with Gasteiger partial charge in [-0.05, 0) is 32.7 Å². The number of unbranched alkanes of at least 4 members (excludes halogenated alkanes) is 1. The van der Waals surface area contributed by atoms with Crippen LogP contribution in [0.15, 0.2) is 0 Å². The number of rotatable bonds is 9. The van der Waals surface area contributed by atoms with E-state index in [2.05, 4.69) is 10.6 Å². The molecule has 1 heterocycles. The maximum absolute atomic E-state index is 12.1. The molecule has 1 atom stereocenters. The predicted molar refractivity (Wildman–Crippen MR) is 96.4 cm³/mol. The van der Waals surface area contributed by atoms with Gasteiger partial charge in [0, 0.05) is 31.6 Å². The zero-order chi connectivity index (χ0) is 16.6. The number of sulfonamides is 1. The molecule has 2 N–H and O–H groups in total. The lowest BCUT2D eigenvalue weighted by molar-refractivity contribution is -0.126. The van der Waals surface area contributed by atoms with E-state index in [0.29, 0.717) is 38.9 Å². The minimum absolute atomic E-state index is 0. The predicted octanol–water partition coefficient (Wildman–Crippen LogP) is 1.36. The molecule has 1 aliphatic rings. The Morgan fingerprint density at radius 3 is 2.39 bits per heavy atom. The molecule has 1 aliphatic heterocycles. The summed E-state index contributed by atoms with van der Waals surface area (Å²) in [5.74, 6) is 0.211. The topological polar surface area (TPSA) is 78.5 Å². The smallest absolute Gasteiger partial charge is 0.223 e. The van der Waals surface area contributed by atoms with Crippen LogP contribution in [0.5, 0.6) is 0 Å². The molecular formula is C15H32ClN3O3S. The average Bonchev–Trinajstić information content (AvgIpc) is 2.51. The van der Waals surface area contributed by atoms with Gasteiger partial charge in [-0.2, -0.15) is 0 Å². The van der Waals surface area contributed by atoms with Crippen molar-refractivity contribution >= 4 is 28.3 Å².